The zero-order valence-corrected chi connectivity index (χ0v) is 23.8. The smallest absolute Gasteiger partial charge is 0.266 e. The highest BCUT2D eigenvalue weighted by Crippen LogP contribution is 2.25. The second kappa shape index (κ2) is 14.4. The second-order valence-corrected chi connectivity index (χ2v) is 10.6. The maximum absolute atomic E-state index is 13.7. The van der Waals surface area contributed by atoms with Gasteiger partial charge in [0.05, 0.1) is 22.6 Å². The minimum atomic E-state index is -0.482. The van der Waals surface area contributed by atoms with Gasteiger partial charge in [0, 0.05) is 24.5 Å². The van der Waals surface area contributed by atoms with Gasteiger partial charge in [-0.15, -0.1) is 0 Å². The number of benzene rings is 2. The second-order valence-electron chi connectivity index (χ2n) is 10.2. The summed E-state index contributed by atoms with van der Waals surface area (Å²) in [5.41, 5.74) is 0.685. The molecular weight excluding hydrogens is 503 g/mol. The van der Waals surface area contributed by atoms with E-state index in [9.17, 15) is 14.0 Å². The zero-order valence-electron chi connectivity index (χ0n) is 23.1. The van der Waals surface area contributed by atoms with Crippen LogP contribution in [-0.2, 0) is 4.79 Å². The predicted molar refractivity (Wildman–Crippen MR) is 154 cm³/mol. The van der Waals surface area contributed by atoms with Crippen LogP contribution in [0.5, 0.6) is 0 Å². The van der Waals surface area contributed by atoms with Gasteiger partial charge in [0.1, 0.15) is 11.6 Å². The largest absolute Gasteiger partial charge is 0.331 e. The van der Waals surface area contributed by atoms with Gasteiger partial charge in [-0.2, -0.15) is 0 Å². The highest BCUT2D eigenvalue weighted by molar-refractivity contribution is 6.31. The van der Waals surface area contributed by atoms with Crippen LogP contribution in [0, 0.1) is 5.82 Å². The van der Waals surface area contributed by atoms with Crippen molar-refractivity contribution in [1.82, 2.24) is 19.4 Å². The Labute approximate surface area is 230 Å². The van der Waals surface area contributed by atoms with Crippen LogP contribution in [0.4, 0.5) is 4.39 Å². The van der Waals surface area contributed by atoms with Gasteiger partial charge < -0.3 is 9.80 Å². The van der Waals surface area contributed by atoms with Crippen molar-refractivity contribution < 1.29 is 9.18 Å². The Morgan fingerprint density at radius 1 is 1.00 bits per heavy atom. The molecule has 6 nitrogen and oxygen atoms in total. The van der Waals surface area contributed by atoms with E-state index in [2.05, 4.69) is 6.92 Å². The summed E-state index contributed by atoms with van der Waals surface area (Å²) in [5.74, 6) is 0.0813. The summed E-state index contributed by atoms with van der Waals surface area (Å²) in [6, 6.07) is 10.3. The Bertz CT molecular complexity index is 1260. The lowest BCUT2D eigenvalue weighted by atomic mass is 10.1. The van der Waals surface area contributed by atoms with E-state index in [0.717, 1.165) is 19.3 Å². The number of halogens is 2. The fraction of sp³-hybridized carbons (Fsp3) is 0.500. The van der Waals surface area contributed by atoms with Crippen molar-refractivity contribution >= 4 is 28.4 Å². The number of nitrogens with zero attached hydrogens (tertiary/aromatic N) is 4. The van der Waals surface area contributed by atoms with Gasteiger partial charge >= 0.3 is 0 Å². The molecule has 1 atom stereocenters. The molecule has 1 unspecified atom stereocenters. The number of rotatable bonds is 14. The SMILES string of the molecule is CCCCCCCCCC(=O)N(CCN(C)C)C(C)c1nc2ccc(Cl)cc2c(=O)n1-c1ccc(F)cc1. The quantitative estimate of drug-likeness (QED) is 0.211. The van der Waals surface area contributed by atoms with E-state index in [4.69, 9.17) is 16.6 Å². The minimum absolute atomic E-state index is 0.0454. The van der Waals surface area contributed by atoms with Crippen LogP contribution >= 0.6 is 11.6 Å². The lowest BCUT2D eigenvalue weighted by Crippen LogP contribution is -2.40. The van der Waals surface area contributed by atoms with E-state index < -0.39 is 11.9 Å². The van der Waals surface area contributed by atoms with Gasteiger partial charge in [0.15, 0.2) is 0 Å². The Morgan fingerprint density at radius 2 is 1.66 bits per heavy atom. The number of carbonyl (C=O) groups is 1. The van der Waals surface area contributed by atoms with Crippen molar-refractivity contribution in [2.45, 2.75) is 71.3 Å². The van der Waals surface area contributed by atoms with Gasteiger partial charge in [0.25, 0.3) is 5.56 Å². The number of hydrogen-bond donors (Lipinski definition) is 0. The molecule has 0 saturated heterocycles. The molecule has 1 aromatic heterocycles. The average molecular weight is 543 g/mol. The molecule has 0 saturated carbocycles. The molecule has 38 heavy (non-hydrogen) atoms. The number of unbranched alkanes of at least 4 members (excludes halogenated alkanes) is 6. The maximum Gasteiger partial charge on any atom is 0.266 e. The summed E-state index contributed by atoms with van der Waals surface area (Å²) in [6.07, 6.45) is 8.39. The van der Waals surface area contributed by atoms with Gasteiger partial charge in [-0.25, -0.2) is 9.37 Å². The van der Waals surface area contributed by atoms with Crippen LogP contribution in [0.3, 0.4) is 0 Å². The van der Waals surface area contributed by atoms with Crippen molar-refractivity contribution in [3.63, 3.8) is 0 Å². The van der Waals surface area contributed by atoms with Crippen molar-refractivity contribution in [2.24, 2.45) is 0 Å². The molecule has 0 radical (unpaired) electrons. The van der Waals surface area contributed by atoms with E-state index in [-0.39, 0.29) is 11.5 Å². The zero-order chi connectivity index (χ0) is 27.7. The molecule has 1 amide bonds. The average Bonchev–Trinajstić information content (AvgIpc) is 2.89. The standard InChI is InChI=1S/C30H40ClFN4O2/c1-5-6-7-8-9-10-11-12-28(37)35(20-19-34(3)4)22(2)29-33-27-18-13-23(31)21-26(27)30(38)36(29)25-16-14-24(32)15-17-25/h13-18,21-22H,5-12,19-20H2,1-4H3. The number of fused-ring (bicyclic) bond motifs is 1. The van der Waals surface area contributed by atoms with Crippen molar-refractivity contribution in [3.05, 3.63) is 69.5 Å². The highest BCUT2D eigenvalue weighted by atomic mass is 35.5. The molecule has 0 N–H and O–H groups in total. The first-order valence-electron chi connectivity index (χ1n) is 13.6. The van der Waals surface area contributed by atoms with Crippen molar-refractivity contribution in [3.8, 4) is 5.69 Å². The maximum atomic E-state index is 13.7. The molecule has 2 aromatic carbocycles. The monoisotopic (exact) mass is 542 g/mol. The number of carbonyl (C=O) groups excluding carboxylic acids is 1. The Hall–Kier alpha value is -2.77. The van der Waals surface area contributed by atoms with E-state index in [1.54, 1.807) is 30.3 Å². The third kappa shape index (κ3) is 7.87. The summed E-state index contributed by atoms with van der Waals surface area (Å²) < 4.78 is 15.2. The van der Waals surface area contributed by atoms with Gasteiger partial charge in [-0.3, -0.25) is 14.2 Å². The van der Waals surface area contributed by atoms with E-state index in [1.807, 2.05) is 30.8 Å². The lowest BCUT2D eigenvalue weighted by molar-refractivity contribution is -0.133. The molecule has 0 fully saturated rings. The predicted octanol–water partition coefficient (Wildman–Crippen LogP) is 6.77. The fourth-order valence-corrected chi connectivity index (χ4v) is 4.83. The van der Waals surface area contributed by atoms with E-state index in [0.29, 0.717) is 46.9 Å². The molecule has 3 aromatic rings. The molecule has 0 aliphatic rings. The van der Waals surface area contributed by atoms with Crippen LogP contribution in [-0.4, -0.2) is 52.4 Å². The molecular formula is C30H40ClFN4O2. The van der Waals surface area contributed by atoms with Crippen LogP contribution in [0.1, 0.15) is 77.1 Å². The molecule has 0 aliphatic heterocycles. The molecule has 1 heterocycles. The topological polar surface area (TPSA) is 58.4 Å². The van der Waals surface area contributed by atoms with Crippen LogP contribution in [0.25, 0.3) is 16.6 Å². The van der Waals surface area contributed by atoms with Crippen molar-refractivity contribution in [2.75, 3.05) is 27.2 Å². The van der Waals surface area contributed by atoms with Crippen LogP contribution in [0.15, 0.2) is 47.3 Å². The van der Waals surface area contributed by atoms with Gasteiger partial charge in [-0.05, 0) is 69.9 Å². The minimum Gasteiger partial charge on any atom is -0.331 e. The van der Waals surface area contributed by atoms with Gasteiger partial charge in [-0.1, -0.05) is 57.0 Å². The normalized spacial score (nSPS) is 12.3. The fourth-order valence-electron chi connectivity index (χ4n) is 4.65. The van der Waals surface area contributed by atoms with E-state index >= 15 is 0 Å². The lowest BCUT2D eigenvalue weighted by Gasteiger charge is -2.31. The molecule has 0 bridgehead atoms. The molecule has 0 aliphatic carbocycles. The summed E-state index contributed by atoms with van der Waals surface area (Å²) in [6.45, 7) is 5.29. The highest BCUT2D eigenvalue weighted by Gasteiger charge is 2.26. The van der Waals surface area contributed by atoms with Gasteiger partial charge in [0.2, 0.25) is 5.91 Å². The number of hydrogen-bond acceptors (Lipinski definition) is 4. The third-order valence-corrected chi connectivity index (χ3v) is 7.12. The Morgan fingerprint density at radius 3 is 2.32 bits per heavy atom. The first kappa shape index (κ1) is 29.8. The molecule has 206 valence electrons. The van der Waals surface area contributed by atoms with Crippen LogP contribution < -0.4 is 5.56 Å². The third-order valence-electron chi connectivity index (χ3n) is 6.88. The first-order chi connectivity index (χ1) is 18.2. The molecule has 3 rings (SSSR count). The number of likely N-dealkylation sites (N-methyl/N-ethyl adjacent to an activating group) is 1. The van der Waals surface area contributed by atoms with E-state index in [1.165, 1.54) is 42.4 Å². The molecule has 0 spiro atoms. The summed E-state index contributed by atoms with van der Waals surface area (Å²) in [4.78, 5) is 35.9. The number of aromatic nitrogens is 2. The Kier molecular flexibility index (Phi) is 11.3. The van der Waals surface area contributed by atoms with Crippen molar-refractivity contribution in [1.29, 1.82) is 0 Å². The number of amides is 1. The first-order valence-corrected chi connectivity index (χ1v) is 14.0. The molecule has 8 heteroatoms. The summed E-state index contributed by atoms with van der Waals surface area (Å²) >= 11 is 6.19. The Balaban J connectivity index is 1.96. The summed E-state index contributed by atoms with van der Waals surface area (Å²) in [7, 11) is 3.94. The summed E-state index contributed by atoms with van der Waals surface area (Å²) in [5, 5.41) is 0.798. The van der Waals surface area contributed by atoms with Crippen LogP contribution in [0.2, 0.25) is 5.02 Å².